The highest BCUT2D eigenvalue weighted by atomic mass is 14.8. The molecule has 0 radical (unpaired) electrons. The zero-order valence-electron chi connectivity index (χ0n) is 8.70. The molecule has 1 aliphatic heterocycles. The van der Waals surface area contributed by atoms with Gasteiger partial charge < -0.3 is 4.98 Å². The molecule has 0 saturated carbocycles. The SMILES string of the molecule is C1=Nc2ccc3c([nH]c4ccccc43)c2C1. The van der Waals surface area contributed by atoms with E-state index in [2.05, 4.69) is 46.4 Å². The van der Waals surface area contributed by atoms with Crippen molar-refractivity contribution in [2.75, 3.05) is 0 Å². The molecule has 76 valence electrons. The normalized spacial score (nSPS) is 13.8. The molecule has 2 heteroatoms. The van der Waals surface area contributed by atoms with E-state index in [1.54, 1.807) is 0 Å². The second kappa shape index (κ2) is 2.73. The summed E-state index contributed by atoms with van der Waals surface area (Å²) in [6.07, 6.45) is 2.93. The Labute approximate surface area is 92.6 Å². The van der Waals surface area contributed by atoms with Crippen molar-refractivity contribution in [2.24, 2.45) is 4.99 Å². The summed E-state index contributed by atoms with van der Waals surface area (Å²) in [5.74, 6) is 0. The number of hydrogen-bond donors (Lipinski definition) is 1. The highest BCUT2D eigenvalue weighted by Gasteiger charge is 2.13. The first-order valence-corrected chi connectivity index (χ1v) is 5.48. The van der Waals surface area contributed by atoms with E-state index in [0.717, 1.165) is 12.1 Å². The number of fused-ring (bicyclic) bond motifs is 5. The Morgan fingerprint density at radius 2 is 1.94 bits per heavy atom. The number of aliphatic imine (C=N–C) groups is 1. The molecule has 0 spiro atoms. The summed E-state index contributed by atoms with van der Waals surface area (Å²) in [5.41, 5.74) is 4.89. The molecule has 0 aliphatic carbocycles. The van der Waals surface area contributed by atoms with Gasteiger partial charge in [0, 0.05) is 34.5 Å². The standard InChI is InChI=1S/C14H10N2/c1-2-4-13-9(3-1)10-5-6-12-11(7-8-15-12)14(10)16-13/h1-6,8,16H,7H2. The van der Waals surface area contributed by atoms with Crippen molar-refractivity contribution in [3.8, 4) is 0 Å². The van der Waals surface area contributed by atoms with Gasteiger partial charge >= 0.3 is 0 Å². The summed E-state index contributed by atoms with van der Waals surface area (Å²) in [7, 11) is 0. The van der Waals surface area contributed by atoms with E-state index in [4.69, 9.17) is 0 Å². The predicted octanol–water partition coefficient (Wildman–Crippen LogP) is 3.58. The van der Waals surface area contributed by atoms with Crippen molar-refractivity contribution in [3.63, 3.8) is 0 Å². The van der Waals surface area contributed by atoms with Crippen LogP contribution in [0.5, 0.6) is 0 Å². The maximum atomic E-state index is 4.37. The molecule has 4 rings (SSSR count). The lowest BCUT2D eigenvalue weighted by atomic mass is 10.1. The van der Waals surface area contributed by atoms with E-state index < -0.39 is 0 Å². The molecule has 1 aliphatic rings. The summed E-state index contributed by atoms with van der Waals surface area (Å²) in [6.45, 7) is 0. The Morgan fingerprint density at radius 1 is 1.00 bits per heavy atom. The van der Waals surface area contributed by atoms with Crippen LogP contribution in [0, 0.1) is 0 Å². The van der Waals surface area contributed by atoms with Crippen molar-refractivity contribution in [1.82, 2.24) is 4.98 Å². The van der Waals surface area contributed by atoms with Crippen LogP contribution in [-0.4, -0.2) is 11.2 Å². The van der Waals surface area contributed by atoms with Gasteiger partial charge in [-0.05, 0) is 12.1 Å². The van der Waals surface area contributed by atoms with Gasteiger partial charge in [-0.3, -0.25) is 4.99 Å². The van der Waals surface area contributed by atoms with E-state index >= 15 is 0 Å². The van der Waals surface area contributed by atoms with Crippen LogP contribution < -0.4 is 0 Å². The van der Waals surface area contributed by atoms with E-state index in [0.29, 0.717) is 0 Å². The van der Waals surface area contributed by atoms with Crippen molar-refractivity contribution in [1.29, 1.82) is 0 Å². The van der Waals surface area contributed by atoms with Crippen LogP contribution >= 0.6 is 0 Å². The topological polar surface area (TPSA) is 28.1 Å². The Bertz CT molecular complexity index is 735. The molecule has 0 fully saturated rings. The first-order valence-electron chi connectivity index (χ1n) is 5.48. The lowest BCUT2D eigenvalue weighted by Crippen LogP contribution is -1.81. The minimum atomic E-state index is 0.944. The Morgan fingerprint density at radius 3 is 2.94 bits per heavy atom. The van der Waals surface area contributed by atoms with Crippen LogP contribution in [0.4, 0.5) is 5.69 Å². The van der Waals surface area contributed by atoms with Gasteiger partial charge in [0.2, 0.25) is 0 Å². The smallest absolute Gasteiger partial charge is 0.0682 e. The van der Waals surface area contributed by atoms with Crippen molar-refractivity contribution < 1.29 is 0 Å². The number of rotatable bonds is 0. The van der Waals surface area contributed by atoms with Crippen LogP contribution in [0.2, 0.25) is 0 Å². The third kappa shape index (κ3) is 0.890. The number of nitrogens with one attached hydrogen (secondary N) is 1. The molecule has 3 aromatic rings. The maximum Gasteiger partial charge on any atom is 0.0682 e. The third-order valence-electron chi connectivity index (χ3n) is 3.29. The van der Waals surface area contributed by atoms with Gasteiger partial charge in [0.15, 0.2) is 0 Å². The zero-order chi connectivity index (χ0) is 10.5. The molecule has 1 N–H and O–H groups in total. The van der Waals surface area contributed by atoms with Crippen LogP contribution in [0.15, 0.2) is 41.4 Å². The highest BCUT2D eigenvalue weighted by molar-refractivity contribution is 6.10. The Hall–Kier alpha value is -2.09. The summed E-state index contributed by atoms with van der Waals surface area (Å²) in [5, 5.41) is 2.60. The molecule has 2 heterocycles. The number of aromatic nitrogens is 1. The Balaban J connectivity index is 2.25. The third-order valence-corrected chi connectivity index (χ3v) is 3.29. The van der Waals surface area contributed by atoms with Crippen LogP contribution in [0.3, 0.4) is 0 Å². The molecule has 1 aromatic heterocycles. The molecule has 16 heavy (non-hydrogen) atoms. The first-order chi connectivity index (χ1) is 7.93. The number of benzene rings is 2. The van der Waals surface area contributed by atoms with Crippen LogP contribution in [-0.2, 0) is 6.42 Å². The predicted molar refractivity (Wildman–Crippen MR) is 67.7 cm³/mol. The summed E-state index contributed by atoms with van der Waals surface area (Å²) >= 11 is 0. The molecule has 2 aromatic carbocycles. The van der Waals surface area contributed by atoms with Gasteiger partial charge in [0.25, 0.3) is 0 Å². The zero-order valence-corrected chi connectivity index (χ0v) is 8.70. The maximum absolute atomic E-state index is 4.37. The largest absolute Gasteiger partial charge is 0.354 e. The molecule has 2 nitrogen and oxygen atoms in total. The number of para-hydroxylation sites is 1. The minimum Gasteiger partial charge on any atom is -0.354 e. The molecular weight excluding hydrogens is 196 g/mol. The summed E-state index contributed by atoms with van der Waals surface area (Å²) < 4.78 is 0. The summed E-state index contributed by atoms with van der Waals surface area (Å²) in [4.78, 5) is 7.87. The average molecular weight is 206 g/mol. The fraction of sp³-hybridized carbons (Fsp3) is 0.0714. The van der Waals surface area contributed by atoms with Crippen LogP contribution in [0.1, 0.15) is 5.56 Å². The monoisotopic (exact) mass is 206 g/mol. The van der Waals surface area contributed by atoms with Crippen molar-refractivity contribution in [3.05, 3.63) is 42.0 Å². The van der Waals surface area contributed by atoms with Crippen molar-refractivity contribution in [2.45, 2.75) is 6.42 Å². The lowest BCUT2D eigenvalue weighted by molar-refractivity contribution is 1.41. The van der Waals surface area contributed by atoms with Gasteiger partial charge in [-0.2, -0.15) is 0 Å². The number of H-pyrrole nitrogens is 1. The van der Waals surface area contributed by atoms with E-state index in [-0.39, 0.29) is 0 Å². The molecule has 0 bridgehead atoms. The fourth-order valence-electron chi connectivity index (χ4n) is 2.53. The van der Waals surface area contributed by atoms with Gasteiger partial charge in [-0.15, -0.1) is 0 Å². The van der Waals surface area contributed by atoms with Gasteiger partial charge in [0.05, 0.1) is 11.2 Å². The average Bonchev–Trinajstić information content (AvgIpc) is 2.92. The van der Waals surface area contributed by atoms with Gasteiger partial charge in [-0.25, -0.2) is 0 Å². The molecular formula is C14H10N2. The lowest BCUT2D eigenvalue weighted by Gasteiger charge is -1.98. The molecule has 0 saturated heterocycles. The quantitative estimate of drug-likeness (QED) is 0.582. The Kier molecular flexibility index (Phi) is 1.38. The van der Waals surface area contributed by atoms with E-state index in [1.807, 2.05) is 6.21 Å². The first kappa shape index (κ1) is 8.11. The van der Waals surface area contributed by atoms with Gasteiger partial charge in [-0.1, -0.05) is 24.3 Å². The molecule has 0 amide bonds. The number of hydrogen-bond acceptors (Lipinski definition) is 1. The summed E-state index contributed by atoms with van der Waals surface area (Å²) in [6, 6.07) is 12.7. The highest BCUT2D eigenvalue weighted by Crippen LogP contribution is 2.34. The fourth-order valence-corrected chi connectivity index (χ4v) is 2.53. The number of aromatic amines is 1. The van der Waals surface area contributed by atoms with E-state index in [1.165, 1.54) is 27.4 Å². The molecule has 0 unspecified atom stereocenters. The van der Waals surface area contributed by atoms with Gasteiger partial charge in [0.1, 0.15) is 0 Å². The van der Waals surface area contributed by atoms with Crippen LogP contribution in [0.25, 0.3) is 21.8 Å². The second-order valence-corrected chi connectivity index (χ2v) is 4.17. The minimum absolute atomic E-state index is 0.944. The van der Waals surface area contributed by atoms with E-state index in [9.17, 15) is 0 Å². The van der Waals surface area contributed by atoms with Crippen molar-refractivity contribution >= 4 is 33.7 Å². The second-order valence-electron chi connectivity index (χ2n) is 4.17. The molecule has 0 atom stereocenters. The number of nitrogens with zero attached hydrogens (tertiary/aromatic N) is 1.